The Labute approximate surface area is 157 Å². The molecule has 24 heavy (non-hydrogen) atoms. The number of halogens is 1. The first-order valence-electron chi connectivity index (χ1n) is 9.89. The Hall–Kier alpha value is -0.530. The quantitative estimate of drug-likeness (QED) is 0.377. The summed E-state index contributed by atoms with van der Waals surface area (Å²) in [5, 5.41) is 0. The number of unbranched alkanes of at least 4 members (excludes halogenated alkanes) is 9. The third-order valence-corrected chi connectivity index (χ3v) is 4.47. The van der Waals surface area contributed by atoms with Crippen LogP contribution >= 0.6 is 0 Å². The summed E-state index contributed by atoms with van der Waals surface area (Å²) in [4.78, 5) is 0. The Kier molecular flexibility index (Phi) is 13.4. The van der Waals surface area contributed by atoms with Crippen molar-refractivity contribution in [2.24, 2.45) is 0 Å². The first kappa shape index (κ1) is 23.5. The molecule has 0 saturated carbocycles. The molecule has 1 aromatic rings. The van der Waals surface area contributed by atoms with Crippen LogP contribution in [0.25, 0.3) is 0 Å². The van der Waals surface area contributed by atoms with Crippen LogP contribution in [0.3, 0.4) is 0 Å². The van der Waals surface area contributed by atoms with Crippen LogP contribution in [-0.2, 0) is 13.0 Å². The second-order valence-electron chi connectivity index (χ2n) is 8.20. The second-order valence-corrected chi connectivity index (χ2v) is 8.20. The van der Waals surface area contributed by atoms with Crippen LogP contribution in [0.2, 0.25) is 0 Å². The van der Waals surface area contributed by atoms with E-state index >= 15 is 0 Å². The Morgan fingerprint density at radius 2 is 1.21 bits per heavy atom. The van der Waals surface area contributed by atoms with Crippen LogP contribution in [0.1, 0.15) is 82.3 Å². The molecule has 0 spiro atoms. The van der Waals surface area contributed by atoms with Crippen molar-refractivity contribution in [1.82, 2.24) is 0 Å². The SMILES string of the molecule is CCCCCCCCCCCCc1cccc(C[N+](C)(C)C)c1.[Cl-]. The summed E-state index contributed by atoms with van der Waals surface area (Å²) in [5.41, 5.74) is 3.00. The number of benzene rings is 1. The topological polar surface area (TPSA) is 0 Å². The van der Waals surface area contributed by atoms with Gasteiger partial charge in [-0.3, -0.25) is 0 Å². The van der Waals surface area contributed by atoms with E-state index in [2.05, 4.69) is 52.3 Å². The summed E-state index contributed by atoms with van der Waals surface area (Å²) in [6, 6.07) is 9.21. The van der Waals surface area contributed by atoms with Gasteiger partial charge in [0.1, 0.15) is 6.54 Å². The lowest BCUT2D eigenvalue weighted by molar-refractivity contribution is -0.884. The molecule has 0 aliphatic rings. The molecule has 0 saturated heterocycles. The molecule has 2 heteroatoms. The number of hydrogen-bond donors (Lipinski definition) is 0. The van der Waals surface area contributed by atoms with Crippen molar-refractivity contribution in [3.8, 4) is 0 Å². The van der Waals surface area contributed by atoms with E-state index in [1.54, 1.807) is 0 Å². The van der Waals surface area contributed by atoms with Gasteiger partial charge in [0.2, 0.25) is 0 Å². The zero-order valence-electron chi connectivity index (χ0n) is 16.6. The molecule has 0 unspecified atom stereocenters. The first-order chi connectivity index (χ1) is 11.0. The van der Waals surface area contributed by atoms with Gasteiger partial charge in [0.05, 0.1) is 21.1 Å². The molecule has 0 aliphatic carbocycles. The third-order valence-electron chi connectivity index (χ3n) is 4.47. The summed E-state index contributed by atoms with van der Waals surface area (Å²) in [7, 11) is 6.78. The molecule has 1 aromatic carbocycles. The molecule has 0 radical (unpaired) electrons. The maximum atomic E-state index is 2.41. The van der Waals surface area contributed by atoms with Gasteiger partial charge in [0, 0.05) is 5.56 Å². The average molecular weight is 354 g/mol. The molecule has 0 bridgehead atoms. The first-order valence-corrected chi connectivity index (χ1v) is 9.89. The predicted octanol–water partition coefficient (Wildman–Crippen LogP) is 3.36. The van der Waals surface area contributed by atoms with Gasteiger partial charge in [-0.2, -0.15) is 0 Å². The van der Waals surface area contributed by atoms with Gasteiger partial charge in [0.15, 0.2) is 0 Å². The summed E-state index contributed by atoms with van der Waals surface area (Å²) < 4.78 is 1.00. The van der Waals surface area contributed by atoms with E-state index in [9.17, 15) is 0 Å². The molecule has 0 aliphatic heterocycles. The molecule has 140 valence electrons. The van der Waals surface area contributed by atoms with Crippen molar-refractivity contribution in [3.63, 3.8) is 0 Å². The van der Waals surface area contributed by atoms with Crippen LogP contribution in [-0.4, -0.2) is 25.6 Å². The zero-order chi connectivity index (χ0) is 17.0. The van der Waals surface area contributed by atoms with Crippen LogP contribution in [0.5, 0.6) is 0 Å². The second kappa shape index (κ2) is 13.7. The summed E-state index contributed by atoms with van der Waals surface area (Å²) in [5.74, 6) is 0. The molecular weight excluding hydrogens is 314 g/mol. The monoisotopic (exact) mass is 353 g/mol. The Balaban J connectivity index is 0.00000529. The average Bonchev–Trinajstić information content (AvgIpc) is 2.48. The number of quaternary nitrogens is 1. The summed E-state index contributed by atoms with van der Waals surface area (Å²) in [6.45, 7) is 3.41. The maximum Gasteiger partial charge on any atom is 0.104 e. The number of rotatable bonds is 13. The fourth-order valence-corrected chi connectivity index (χ4v) is 3.25. The largest absolute Gasteiger partial charge is 1.00 e. The van der Waals surface area contributed by atoms with Crippen LogP contribution < -0.4 is 12.4 Å². The van der Waals surface area contributed by atoms with E-state index in [0.29, 0.717) is 0 Å². The van der Waals surface area contributed by atoms with E-state index in [-0.39, 0.29) is 12.4 Å². The molecule has 0 aromatic heterocycles. The van der Waals surface area contributed by atoms with Crippen molar-refractivity contribution in [1.29, 1.82) is 0 Å². The lowest BCUT2D eigenvalue weighted by Crippen LogP contribution is -3.00. The standard InChI is InChI=1S/C22H40N.ClH/c1-5-6-7-8-9-10-11-12-13-14-16-21-17-15-18-22(19-21)20-23(2,3)4;/h15,17-19H,5-14,16,20H2,1-4H3;1H/q+1;/p-1. The Morgan fingerprint density at radius 3 is 1.75 bits per heavy atom. The van der Waals surface area contributed by atoms with Crippen molar-refractivity contribution in [2.75, 3.05) is 21.1 Å². The van der Waals surface area contributed by atoms with E-state index in [1.807, 2.05) is 0 Å². The smallest absolute Gasteiger partial charge is 0.104 e. The summed E-state index contributed by atoms with van der Waals surface area (Å²) in [6.07, 6.45) is 15.4. The minimum atomic E-state index is 0. The van der Waals surface area contributed by atoms with Gasteiger partial charge in [-0.1, -0.05) is 89.0 Å². The highest BCUT2D eigenvalue weighted by atomic mass is 35.5. The van der Waals surface area contributed by atoms with Crippen molar-refractivity contribution >= 4 is 0 Å². The summed E-state index contributed by atoms with van der Waals surface area (Å²) >= 11 is 0. The van der Waals surface area contributed by atoms with Crippen molar-refractivity contribution in [2.45, 2.75) is 84.1 Å². The van der Waals surface area contributed by atoms with Gasteiger partial charge in [-0.25, -0.2) is 0 Å². The lowest BCUT2D eigenvalue weighted by Gasteiger charge is -2.24. The molecule has 1 nitrogen and oxygen atoms in total. The molecule has 0 atom stereocenters. The molecular formula is C22H40ClN. The van der Waals surface area contributed by atoms with Gasteiger partial charge < -0.3 is 16.9 Å². The van der Waals surface area contributed by atoms with Gasteiger partial charge in [-0.15, -0.1) is 0 Å². The van der Waals surface area contributed by atoms with Crippen LogP contribution in [0, 0.1) is 0 Å². The van der Waals surface area contributed by atoms with Gasteiger partial charge in [-0.05, 0) is 18.4 Å². The molecule has 0 fully saturated rings. The highest BCUT2D eigenvalue weighted by Gasteiger charge is 2.08. The van der Waals surface area contributed by atoms with Gasteiger partial charge >= 0.3 is 0 Å². The fraction of sp³-hybridized carbons (Fsp3) is 0.727. The highest BCUT2D eigenvalue weighted by molar-refractivity contribution is 5.23. The van der Waals surface area contributed by atoms with Crippen molar-refractivity contribution in [3.05, 3.63) is 35.4 Å². The molecule has 0 heterocycles. The third kappa shape index (κ3) is 12.8. The number of aryl methyl sites for hydroxylation is 1. The van der Waals surface area contributed by atoms with Gasteiger partial charge in [0.25, 0.3) is 0 Å². The Morgan fingerprint density at radius 1 is 0.708 bits per heavy atom. The zero-order valence-corrected chi connectivity index (χ0v) is 17.4. The highest BCUT2D eigenvalue weighted by Crippen LogP contribution is 2.14. The van der Waals surface area contributed by atoms with E-state index in [1.165, 1.54) is 81.8 Å². The molecule has 1 rings (SSSR count). The maximum absolute atomic E-state index is 2.41. The van der Waals surface area contributed by atoms with Crippen LogP contribution in [0.15, 0.2) is 24.3 Å². The minimum absolute atomic E-state index is 0. The number of hydrogen-bond acceptors (Lipinski definition) is 0. The molecule has 0 amide bonds. The minimum Gasteiger partial charge on any atom is -1.00 e. The van der Waals surface area contributed by atoms with E-state index < -0.39 is 0 Å². The normalized spacial score (nSPS) is 11.3. The number of nitrogens with zero attached hydrogens (tertiary/aromatic N) is 1. The van der Waals surface area contributed by atoms with Crippen LogP contribution in [0.4, 0.5) is 0 Å². The van der Waals surface area contributed by atoms with Crippen molar-refractivity contribution < 1.29 is 16.9 Å². The van der Waals surface area contributed by atoms with E-state index in [0.717, 1.165) is 11.0 Å². The lowest BCUT2D eigenvalue weighted by atomic mass is 10.0. The van der Waals surface area contributed by atoms with E-state index in [4.69, 9.17) is 0 Å². The predicted molar refractivity (Wildman–Crippen MR) is 104 cm³/mol. The molecule has 0 N–H and O–H groups in total. The Bertz CT molecular complexity index is 409. The fourth-order valence-electron chi connectivity index (χ4n) is 3.25.